The molecule has 1 aliphatic carbocycles. The van der Waals surface area contributed by atoms with Crippen molar-refractivity contribution in [2.75, 3.05) is 5.73 Å². The third-order valence-electron chi connectivity index (χ3n) is 2.67. The van der Waals surface area contributed by atoms with Crippen LogP contribution in [-0.2, 0) is 0 Å². The molecule has 0 unspecified atom stereocenters. The van der Waals surface area contributed by atoms with E-state index in [-0.39, 0.29) is 0 Å². The van der Waals surface area contributed by atoms with Gasteiger partial charge in [0.15, 0.2) is 5.82 Å². The number of nitrogens with zero attached hydrogens (tertiary/aromatic N) is 2. The third kappa shape index (κ3) is 1.35. The monoisotopic (exact) mass is 285 g/mol. The minimum absolute atomic E-state index is 0.500. The van der Waals surface area contributed by atoms with Crippen molar-refractivity contribution in [3.05, 3.63) is 21.6 Å². The van der Waals surface area contributed by atoms with Gasteiger partial charge in [-0.3, -0.25) is 4.68 Å². The van der Waals surface area contributed by atoms with E-state index in [0.29, 0.717) is 16.9 Å². The molecule has 3 rings (SSSR count). The van der Waals surface area contributed by atoms with Crippen LogP contribution in [0.4, 0.5) is 5.82 Å². The first-order valence-electron chi connectivity index (χ1n) is 4.80. The van der Waals surface area contributed by atoms with Gasteiger partial charge in [-0.1, -0.05) is 11.6 Å². The number of nitrogens with two attached hydrogens (primary N) is 1. The molecule has 0 spiro atoms. The van der Waals surface area contributed by atoms with Gasteiger partial charge in [-0.25, -0.2) is 0 Å². The smallest absolute Gasteiger partial charge is 0.154 e. The highest BCUT2D eigenvalue weighted by atomic mass is 79.9. The van der Waals surface area contributed by atoms with E-state index in [1.165, 1.54) is 12.8 Å². The highest BCUT2D eigenvalue weighted by Crippen LogP contribution is 2.42. The van der Waals surface area contributed by atoms with Gasteiger partial charge < -0.3 is 5.73 Å². The van der Waals surface area contributed by atoms with Gasteiger partial charge in [-0.2, -0.15) is 5.10 Å². The summed E-state index contributed by atoms with van der Waals surface area (Å²) in [6.07, 6.45) is 2.35. The van der Waals surface area contributed by atoms with Crippen LogP contribution in [0.2, 0.25) is 5.02 Å². The topological polar surface area (TPSA) is 43.8 Å². The van der Waals surface area contributed by atoms with Crippen LogP contribution in [0, 0.1) is 0 Å². The van der Waals surface area contributed by atoms with Crippen LogP contribution in [0.3, 0.4) is 0 Å². The number of rotatable bonds is 1. The van der Waals surface area contributed by atoms with Crippen LogP contribution in [0.25, 0.3) is 10.9 Å². The number of anilines is 1. The van der Waals surface area contributed by atoms with Gasteiger partial charge in [0.1, 0.15) is 0 Å². The summed E-state index contributed by atoms with van der Waals surface area (Å²) in [5, 5.41) is 5.88. The molecule has 2 N–H and O–H groups in total. The summed E-state index contributed by atoms with van der Waals surface area (Å²) in [6, 6.07) is 4.27. The second-order valence-corrected chi connectivity index (χ2v) is 5.08. The Morgan fingerprint density at radius 1 is 1.47 bits per heavy atom. The first-order chi connectivity index (χ1) is 7.18. The lowest BCUT2D eigenvalue weighted by Gasteiger charge is -2.02. The Kier molecular flexibility index (Phi) is 1.97. The Labute approximate surface area is 100 Å². The standard InChI is InChI=1S/C10H9BrClN3/c11-6-3-4-7(12)8-9(6)15(5-1-2-5)14-10(8)13/h3-5H,1-2H2,(H2,13,14). The molecule has 2 aromatic rings. The molecule has 1 heterocycles. The van der Waals surface area contributed by atoms with Crippen molar-refractivity contribution in [1.82, 2.24) is 9.78 Å². The molecule has 0 bridgehead atoms. The number of aromatic nitrogens is 2. The second-order valence-electron chi connectivity index (χ2n) is 3.81. The summed E-state index contributed by atoms with van der Waals surface area (Å²) < 4.78 is 2.98. The summed E-state index contributed by atoms with van der Waals surface area (Å²) in [5.74, 6) is 0.517. The molecule has 0 atom stereocenters. The molecular weight excluding hydrogens is 277 g/mol. The van der Waals surface area contributed by atoms with Crippen LogP contribution in [0.15, 0.2) is 16.6 Å². The molecule has 1 fully saturated rings. The largest absolute Gasteiger partial charge is 0.382 e. The van der Waals surface area contributed by atoms with Gasteiger partial charge >= 0.3 is 0 Å². The quantitative estimate of drug-likeness (QED) is 0.873. The van der Waals surface area contributed by atoms with Gasteiger partial charge in [0.2, 0.25) is 0 Å². The lowest BCUT2D eigenvalue weighted by molar-refractivity contribution is 0.668. The van der Waals surface area contributed by atoms with Gasteiger partial charge in [0.25, 0.3) is 0 Å². The predicted molar refractivity (Wildman–Crippen MR) is 65.1 cm³/mol. The maximum Gasteiger partial charge on any atom is 0.154 e. The number of fused-ring (bicyclic) bond motifs is 1. The molecule has 1 saturated carbocycles. The van der Waals surface area contributed by atoms with Crippen LogP contribution >= 0.6 is 27.5 Å². The third-order valence-corrected chi connectivity index (χ3v) is 3.63. The molecule has 15 heavy (non-hydrogen) atoms. The number of halogens is 2. The fraction of sp³-hybridized carbons (Fsp3) is 0.300. The fourth-order valence-corrected chi connectivity index (χ4v) is 2.57. The Balaban J connectivity index is 2.42. The van der Waals surface area contributed by atoms with Crippen molar-refractivity contribution in [2.24, 2.45) is 0 Å². The molecule has 0 amide bonds. The molecule has 1 aromatic carbocycles. The molecule has 1 aliphatic rings. The maximum atomic E-state index is 6.12. The average Bonchev–Trinajstić information content (AvgIpc) is 2.97. The molecule has 5 heteroatoms. The summed E-state index contributed by atoms with van der Waals surface area (Å²) in [6.45, 7) is 0. The van der Waals surface area contributed by atoms with Crippen molar-refractivity contribution in [2.45, 2.75) is 18.9 Å². The normalized spacial score (nSPS) is 16.1. The molecule has 1 aromatic heterocycles. The van der Waals surface area contributed by atoms with Gasteiger partial charge in [0, 0.05) is 4.47 Å². The molecule has 0 saturated heterocycles. The van der Waals surface area contributed by atoms with Crippen molar-refractivity contribution >= 4 is 44.3 Å². The SMILES string of the molecule is Nc1nn(C2CC2)c2c(Br)ccc(Cl)c12. The van der Waals surface area contributed by atoms with E-state index in [9.17, 15) is 0 Å². The predicted octanol–water partition coefficient (Wildman–Crippen LogP) is 3.37. The van der Waals surface area contributed by atoms with Crippen LogP contribution < -0.4 is 5.73 Å². The van der Waals surface area contributed by atoms with E-state index in [2.05, 4.69) is 21.0 Å². The number of hydrogen-bond acceptors (Lipinski definition) is 2. The zero-order valence-corrected chi connectivity index (χ0v) is 10.2. The van der Waals surface area contributed by atoms with Crippen LogP contribution in [-0.4, -0.2) is 9.78 Å². The Bertz CT molecular complexity index is 545. The summed E-state index contributed by atoms with van der Waals surface area (Å²) in [7, 11) is 0. The fourth-order valence-electron chi connectivity index (χ4n) is 1.81. The summed E-state index contributed by atoms with van der Waals surface area (Å²) in [4.78, 5) is 0. The number of nitrogen functional groups attached to an aromatic ring is 1. The van der Waals surface area contributed by atoms with Gasteiger partial charge in [0.05, 0.1) is 22.0 Å². The number of hydrogen-bond donors (Lipinski definition) is 1. The Hall–Kier alpha value is -0.740. The molecular formula is C10H9BrClN3. The lowest BCUT2D eigenvalue weighted by Crippen LogP contribution is -1.97. The van der Waals surface area contributed by atoms with E-state index < -0.39 is 0 Å². The lowest BCUT2D eigenvalue weighted by atomic mass is 10.2. The van der Waals surface area contributed by atoms with E-state index in [1.54, 1.807) is 0 Å². The van der Waals surface area contributed by atoms with Crippen molar-refractivity contribution in [1.29, 1.82) is 0 Å². The Morgan fingerprint density at radius 2 is 2.20 bits per heavy atom. The van der Waals surface area contributed by atoms with Crippen molar-refractivity contribution in [3.63, 3.8) is 0 Å². The number of benzene rings is 1. The van der Waals surface area contributed by atoms with Crippen LogP contribution in [0.1, 0.15) is 18.9 Å². The maximum absolute atomic E-state index is 6.12. The summed E-state index contributed by atoms with van der Waals surface area (Å²) in [5.41, 5.74) is 6.89. The first-order valence-corrected chi connectivity index (χ1v) is 5.97. The highest BCUT2D eigenvalue weighted by molar-refractivity contribution is 9.10. The van der Waals surface area contributed by atoms with E-state index >= 15 is 0 Å². The van der Waals surface area contributed by atoms with Crippen molar-refractivity contribution in [3.8, 4) is 0 Å². The summed E-state index contributed by atoms with van der Waals surface area (Å²) >= 11 is 9.63. The van der Waals surface area contributed by atoms with Crippen LogP contribution in [0.5, 0.6) is 0 Å². The van der Waals surface area contributed by atoms with E-state index in [1.807, 2.05) is 16.8 Å². The zero-order chi connectivity index (χ0) is 10.6. The average molecular weight is 287 g/mol. The Morgan fingerprint density at radius 3 is 2.87 bits per heavy atom. The molecule has 78 valence electrons. The molecule has 0 radical (unpaired) electrons. The second kappa shape index (κ2) is 3.12. The molecule has 0 aliphatic heterocycles. The van der Waals surface area contributed by atoms with Crippen molar-refractivity contribution < 1.29 is 0 Å². The van der Waals surface area contributed by atoms with Gasteiger partial charge in [-0.05, 0) is 40.9 Å². The van der Waals surface area contributed by atoms with Gasteiger partial charge in [-0.15, -0.1) is 0 Å². The van der Waals surface area contributed by atoms with E-state index in [0.717, 1.165) is 15.4 Å². The van der Waals surface area contributed by atoms with E-state index in [4.69, 9.17) is 17.3 Å². The minimum atomic E-state index is 0.500. The minimum Gasteiger partial charge on any atom is -0.382 e. The highest BCUT2D eigenvalue weighted by Gasteiger charge is 2.28. The first kappa shape index (κ1) is 9.48. The zero-order valence-electron chi connectivity index (χ0n) is 7.87. The molecule has 3 nitrogen and oxygen atoms in total.